The number of pyridine rings is 1. The Labute approximate surface area is 130 Å². The van der Waals surface area contributed by atoms with Crippen molar-refractivity contribution >= 4 is 44.8 Å². The van der Waals surface area contributed by atoms with Crippen LogP contribution in [0.5, 0.6) is 0 Å². The van der Waals surface area contributed by atoms with E-state index in [0.29, 0.717) is 18.1 Å². The lowest BCUT2D eigenvalue weighted by molar-refractivity contribution is -0.115. The van der Waals surface area contributed by atoms with Crippen molar-refractivity contribution in [2.24, 2.45) is 0 Å². The van der Waals surface area contributed by atoms with Gasteiger partial charge in [-0.25, -0.2) is 4.98 Å². The van der Waals surface area contributed by atoms with Crippen LogP contribution in [0.25, 0.3) is 0 Å². The second kappa shape index (κ2) is 7.26. The Morgan fingerprint density at radius 1 is 1.20 bits per heavy atom. The zero-order valence-corrected chi connectivity index (χ0v) is 12.9. The standard InChI is InChI=1S/C14H13BrClN3O/c15-10-1-3-11(4-2-10)19-14(20)6-8-17-12-5-7-18-13(16)9-12/h1-5,7,9H,6,8H2,(H,17,18)(H,19,20). The molecule has 0 spiro atoms. The van der Waals surface area contributed by atoms with E-state index in [-0.39, 0.29) is 5.91 Å². The van der Waals surface area contributed by atoms with E-state index < -0.39 is 0 Å². The number of rotatable bonds is 5. The first-order valence-corrected chi connectivity index (χ1v) is 7.21. The Morgan fingerprint density at radius 3 is 2.65 bits per heavy atom. The van der Waals surface area contributed by atoms with Crippen molar-refractivity contribution in [3.05, 3.63) is 52.2 Å². The number of hydrogen-bond donors (Lipinski definition) is 2. The average Bonchev–Trinajstić information content (AvgIpc) is 2.41. The summed E-state index contributed by atoms with van der Waals surface area (Å²) in [5.74, 6) is -0.0417. The van der Waals surface area contributed by atoms with E-state index in [1.165, 1.54) is 0 Å². The SMILES string of the molecule is O=C(CCNc1ccnc(Cl)c1)Nc1ccc(Br)cc1. The highest BCUT2D eigenvalue weighted by Crippen LogP contribution is 2.14. The van der Waals surface area contributed by atoms with E-state index in [1.54, 1.807) is 18.3 Å². The molecule has 104 valence electrons. The van der Waals surface area contributed by atoms with Gasteiger partial charge >= 0.3 is 0 Å². The number of hydrogen-bond acceptors (Lipinski definition) is 3. The minimum atomic E-state index is -0.0417. The van der Waals surface area contributed by atoms with Crippen LogP contribution >= 0.6 is 27.5 Å². The minimum Gasteiger partial charge on any atom is -0.384 e. The molecule has 2 aromatic rings. The Kier molecular flexibility index (Phi) is 5.38. The van der Waals surface area contributed by atoms with Crippen LogP contribution in [0.3, 0.4) is 0 Å². The van der Waals surface area contributed by atoms with Crippen LogP contribution in [-0.4, -0.2) is 17.4 Å². The summed E-state index contributed by atoms with van der Waals surface area (Å²) in [4.78, 5) is 15.6. The van der Waals surface area contributed by atoms with Gasteiger partial charge in [0.1, 0.15) is 5.15 Å². The molecule has 0 saturated carbocycles. The van der Waals surface area contributed by atoms with E-state index in [0.717, 1.165) is 15.8 Å². The number of carbonyl (C=O) groups is 1. The Bertz CT molecular complexity index is 589. The highest BCUT2D eigenvalue weighted by Gasteiger charge is 2.02. The fraction of sp³-hybridized carbons (Fsp3) is 0.143. The van der Waals surface area contributed by atoms with Crippen LogP contribution in [0.1, 0.15) is 6.42 Å². The molecule has 1 aromatic heterocycles. The third-order valence-corrected chi connectivity index (χ3v) is 3.27. The number of halogens is 2. The summed E-state index contributed by atoms with van der Waals surface area (Å²) >= 11 is 9.12. The molecule has 0 aliphatic heterocycles. The maximum absolute atomic E-state index is 11.8. The van der Waals surface area contributed by atoms with Gasteiger partial charge in [-0.05, 0) is 36.4 Å². The number of carbonyl (C=O) groups excluding carboxylic acids is 1. The number of nitrogens with one attached hydrogen (secondary N) is 2. The molecule has 1 amide bonds. The summed E-state index contributed by atoms with van der Waals surface area (Å²) in [6, 6.07) is 11.0. The van der Waals surface area contributed by atoms with Crippen LogP contribution in [0.4, 0.5) is 11.4 Å². The van der Waals surface area contributed by atoms with Crippen molar-refractivity contribution in [3.63, 3.8) is 0 Å². The van der Waals surface area contributed by atoms with Crippen molar-refractivity contribution in [2.75, 3.05) is 17.2 Å². The van der Waals surface area contributed by atoms with Crippen molar-refractivity contribution in [1.82, 2.24) is 4.98 Å². The zero-order valence-electron chi connectivity index (χ0n) is 10.6. The Hall–Kier alpha value is -1.59. The lowest BCUT2D eigenvalue weighted by Gasteiger charge is -2.07. The van der Waals surface area contributed by atoms with Gasteiger partial charge in [0.25, 0.3) is 0 Å². The van der Waals surface area contributed by atoms with Gasteiger partial charge in [0.15, 0.2) is 0 Å². The fourth-order valence-electron chi connectivity index (χ4n) is 1.59. The van der Waals surface area contributed by atoms with E-state index in [2.05, 4.69) is 31.5 Å². The largest absolute Gasteiger partial charge is 0.384 e. The van der Waals surface area contributed by atoms with Gasteiger partial charge < -0.3 is 10.6 Å². The maximum atomic E-state index is 11.8. The lowest BCUT2D eigenvalue weighted by atomic mass is 10.3. The van der Waals surface area contributed by atoms with Crippen LogP contribution in [0, 0.1) is 0 Å². The first-order chi connectivity index (χ1) is 9.63. The molecule has 0 radical (unpaired) electrons. The molecule has 2 rings (SSSR count). The summed E-state index contributed by atoms with van der Waals surface area (Å²) in [5, 5.41) is 6.37. The third-order valence-electron chi connectivity index (χ3n) is 2.54. The number of nitrogens with zero attached hydrogens (tertiary/aromatic N) is 1. The molecule has 0 aliphatic carbocycles. The molecule has 4 nitrogen and oxygen atoms in total. The molecule has 0 saturated heterocycles. The Morgan fingerprint density at radius 2 is 1.95 bits per heavy atom. The van der Waals surface area contributed by atoms with E-state index in [9.17, 15) is 4.79 Å². The fourth-order valence-corrected chi connectivity index (χ4v) is 2.03. The molecule has 1 heterocycles. The topological polar surface area (TPSA) is 54.0 Å². The van der Waals surface area contributed by atoms with Crippen molar-refractivity contribution < 1.29 is 4.79 Å². The van der Waals surface area contributed by atoms with Crippen LogP contribution in [-0.2, 0) is 4.79 Å². The average molecular weight is 355 g/mol. The molecule has 0 atom stereocenters. The molecular weight excluding hydrogens is 342 g/mol. The van der Waals surface area contributed by atoms with E-state index >= 15 is 0 Å². The van der Waals surface area contributed by atoms with Gasteiger partial charge in [-0.15, -0.1) is 0 Å². The number of benzene rings is 1. The minimum absolute atomic E-state index is 0.0417. The summed E-state index contributed by atoms with van der Waals surface area (Å²) in [5.41, 5.74) is 1.63. The van der Waals surface area contributed by atoms with Gasteiger partial charge in [0.2, 0.25) is 5.91 Å². The predicted octanol–water partition coefficient (Wildman–Crippen LogP) is 3.94. The van der Waals surface area contributed by atoms with Gasteiger partial charge in [0, 0.05) is 35.0 Å². The zero-order chi connectivity index (χ0) is 14.4. The summed E-state index contributed by atoms with van der Waals surface area (Å²) in [6.45, 7) is 0.530. The molecule has 1 aromatic carbocycles. The molecule has 2 N–H and O–H groups in total. The number of anilines is 2. The lowest BCUT2D eigenvalue weighted by Crippen LogP contribution is -2.16. The maximum Gasteiger partial charge on any atom is 0.226 e. The molecular formula is C14H13BrClN3O. The summed E-state index contributed by atoms with van der Waals surface area (Å²) in [7, 11) is 0. The number of amides is 1. The van der Waals surface area contributed by atoms with E-state index in [1.807, 2.05) is 24.3 Å². The van der Waals surface area contributed by atoms with Crippen LogP contribution < -0.4 is 10.6 Å². The quantitative estimate of drug-likeness (QED) is 0.800. The molecule has 20 heavy (non-hydrogen) atoms. The van der Waals surface area contributed by atoms with Crippen molar-refractivity contribution in [3.8, 4) is 0 Å². The summed E-state index contributed by atoms with van der Waals surface area (Å²) < 4.78 is 0.978. The molecule has 6 heteroatoms. The van der Waals surface area contributed by atoms with Gasteiger partial charge in [-0.2, -0.15) is 0 Å². The van der Waals surface area contributed by atoms with Crippen LogP contribution in [0.15, 0.2) is 47.1 Å². The number of aromatic nitrogens is 1. The van der Waals surface area contributed by atoms with E-state index in [4.69, 9.17) is 11.6 Å². The monoisotopic (exact) mass is 353 g/mol. The summed E-state index contributed by atoms with van der Waals surface area (Å²) in [6.07, 6.45) is 1.99. The molecule has 0 aliphatic rings. The predicted molar refractivity (Wildman–Crippen MR) is 85.1 cm³/mol. The van der Waals surface area contributed by atoms with Gasteiger partial charge in [0.05, 0.1) is 0 Å². The first-order valence-electron chi connectivity index (χ1n) is 6.04. The van der Waals surface area contributed by atoms with Crippen LogP contribution in [0.2, 0.25) is 5.15 Å². The van der Waals surface area contributed by atoms with Crippen molar-refractivity contribution in [2.45, 2.75) is 6.42 Å². The third kappa shape index (κ3) is 4.83. The highest BCUT2D eigenvalue weighted by atomic mass is 79.9. The second-order valence-electron chi connectivity index (χ2n) is 4.10. The Balaban J connectivity index is 1.76. The normalized spacial score (nSPS) is 10.1. The van der Waals surface area contributed by atoms with Crippen molar-refractivity contribution in [1.29, 1.82) is 0 Å². The second-order valence-corrected chi connectivity index (χ2v) is 5.40. The smallest absolute Gasteiger partial charge is 0.226 e. The molecule has 0 unspecified atom stereocenters. The molecule has 0 bridgehead atoms. The van der Waals surface area contributed by atoms with Gasteiger partial charge in [-0.1, -0.05) is 27.5 Å². The first kappa shape index (κ1) is 14.8. The molecule has 0 fully saturated rings. The van der Waals surface area contributed by atoms with Gasteiger partial charge in [-0.3, -0.25) is 4.79 Å². The highest BCUT2D eigenvalue weighted by molar-refractivity contribution is 9.10.